The van der Waals surface area contributed by atoms with Crippen molar-refractivity contribution in [2.24, 2.45) is 0 Å². The van der Waals surface area contributed by atoms with Gasteiger partial charge in [0.25, 0.3) is 0 Å². The van der Waals surface area contributed by atoms with Gasteiger partial charge in [-0.1, -0.05) is 0 Å². The summed E-state index contributed by atoms with van der Waals surface area (Å²) in [4.78, 5) is 8.35. The summed E-state index contributed by atoms with van der Waals surface area (Å²) in [6.07, 6.45) is 0.750. The summed E-state index contributed by atoms with van der Waals surface area (Å²) in [6.45, 7) is 9.62. The van der Waals surface area contributed by atoms with Crippen molar-refractivity contribution in [3.63, 3.8) is 0 Å². The molecule has 5 heteroatoms. The highest BCUT2D eigenvalue weighted by molar-refractivity contribution is 6.64. The van der Waals surface area contributed by atoms with E-state index in [1.165, 1.54) is 0 Å². The first-order valence-corrected chi connectivity index (χ1v) is 6.67. The molecule has 0 aromatic rings. The lowest BCUT2D eigenvalue weighted by atomic mass is 10.9. The predicted octanol–water partition coefficient (Wildman–Crippen LogP) is 1.66. The highest BCUT2D eigenvalue weighted by Crippen LogP contribution is 2.04. The van der Waals surface area contributed by atoms with E-state index in [0.29, 0.717) is 0 Å². The summed E-state index contributed by atoms with van der Waals surface area (Å²) in [7, 11) is -1.70. The highest BCUT2D eigenvalue weighted by Gasteiger charge is 2.22. The van der Waals surface area contributed by atoms with Gasteiger partial charge in [0.1, 0.15) is 0 Å². The average Bonchev–Trinajstić information content (AvgIpc) is 1.88. The van der Waals surface area contributed by atoms with Crippen molar-refractivity contribution < 1.29 is 13.6 Å². The van der Waals surface area contributed by atoms with Crippen LogP contribution >= 0.6 is 0 Å². The first-order valence-electron chi connectivity index (χ1n) is 3.85. The minimum atomic E-state index is -1.70. The SMILES string of the molecule is CCO[Si](C)(C)OCC.N=C=O. The lowest BCUT2D eigenvalue weighted by Gasteiger charge is -2.20. The van der Waals surface area contributed by atoms with Crippen molar-refractivity contribution in [1.29, 1.82) is 5.41 Å². The number of hydrogen-bond acceptors (Lipinski definition) is 4. The maximum Gasteiger partial charge on any atom is 0.331 e. The molecule has 0 aromatic heterocycles. The van der Waals surface area contributed by atoms with Gasteiger partial charge in [-0.15, -0.1) is 0 Å². The third kappa shape index (κ3) is 12.2. The predicted molar refractivity (Wildman–Crippen MR) is 49.1 cm³/mol. The monoisotopic (exact) mass is 191 g/mol. The Hall–Kier alpha value is -0.483. The molecule has 0 amide bonds. The Morgan fingerprint density at radius 3 is 1.67 bits per heavy atom. The topological polar surface area (TPSA) is 59.4 Å². The van der Waals surface area contributed by atoms with Crippen molar-refractivity contribution in [2.45, 2.75) is 26.9 Å². The van der Waals surface area contributed by atoms with Crippen LogP contribution in [0.15, 0.2) is 0 Å². The third-order valence-electron chi connectivity index (χ3n) is 0.984. The zero-order valence-electron chi connectivity index (χ0n) is 8.14. The summed E-state index contributed by atoms with van der Waals surface area (Å²) < 4.78 is 10.8. The van der Waals surface area contributed by atoms with Crippen molar-refractivity contribution in [3.8, 4) is 0 Å². The van der Waals surface area contributed by atoms with Crippen LogP contribution in [0.1, 0.15) is 13.8 Å². The number of isocyanates is 1. The molecule has 0 aliphatic rings. The van der Waals surface area contributed by atoms with Gasteiger partial charge in [-0.05, 0) is 26.9 Å². The fraction of sp³-hybridized carbons (Fsp3) is 0.857. The van der Waals surface area contributed by atoms with Crippen LogP contribution in [0.4, 0.5) is 0 Å². The summed E-state index contributed by atoms with van der Waals surface area (Å²) in [5.74, 6) is 0. The van der Waals surface area contributed by atoms with Crippen LogP contribution in [0.3, 0.4) is 0 Å². The van der Waals surface area contributed by atoms with E-state index in [9.17, 15) is 0 Å². The minimum Gasteiger partial charge on any atom is -0.395 e. The van der Waals surface area contributed by atoms with Crippen LogP contribution in [-0.4, -0.2) is 27.9 Å². The molecule has 0 saturated heterocycles. The number of hydrogen-bond donors (Lipinski definition) is 1. The van der Waals surface area contributed by atoms with E-state index in [0.717, 1.165) is 19.3 Å². The fourth-order valence-electron chi connectivity index (χ4n) is 0.737. The van der Waals surface area contributed by atoms with Gasteiger partial charge in [0, 0.05) is 13.2 Å². The highest BCUT2D eigenvalue weighted by atomic mass is 28.4. The van der Waals surface area contributed by atoms with Gasteiger partial charge in [0.2, 0.25) is 6.08 Å². The Bertz CT molecular complexity index is 125. The Morgan fingerprint density at radius 1 is 1.25 bits per heavy atom. The van der Waals surface area contributed by atoms with E-state index in [2.05, 4.69) is 13.1 Å². The minimum absolute atomic E-state index is 0.750. The van der Waals surface area contributed by atoms with Gasteiger partial charge in [-0.2, -0.15) is 0 Å². The second-order valence-corrected chi connectivity index (χ2v) is 5.74. The molecular weight excluding hydrogens is 174 g/mol. The van der Waals surface area contributed by atoms with Crippen LogP contribution in [0.5, 0.6) is 0 Å². The molecule has 0 aromatic carbocycles. The summed E-state index contributed by atoms with van der Waals surface area (Å²) in [6, 6.07) is 0. The molecule has 0 radical (unpaired) electrons. The van der Waals surface area contributed by atoms with E-state index in [1.807, 2.05) is 13.8 Å². The zero-order valence-corrected chi connectivity index (χ0v) is 9.14. The maximum absolute atomic E-state index is 8.35. The normalized spacial score (nSPS) is 9.67. The largest absolute Gasteiger partial charge is 0.395 e. The number of carbonyl (C=O) groups excluding carboxylic acids is 1. The lowest BCUT2D eigenvalue weighted by Crippen LogP contribution is -2.34. The quantitative estimate of drug-likeness (QED) is 0.417. The summed E-state index contributed by atoms with van der Waals surface area (Å²) in [5.41, 5.74) is 0. The molecule has 0 rings (SSSR count). The standard InChI is InChI=1S/C6H16O2Si.CHNO/c1-5-7-9(3,4)8-6-2;2-1-3/h5-6H2,1-4H3;2H. The molecule has 0 unspecified atom stereocenters. The van der Waals surface area contributed by atoms with E-state index in [-0.39, 0.29) is 0 Å². The Labute approximate surface area is 74.6 Å². The van der Waals surface area contributed by atoms with Gasteiger partial charge in [-0.25, -0.2) is 10.2 Å². The van der Waals surface area contributed by atoms with E-state index in [4.69, 9.17) is 19.1 Å². The van der Waals surface area contributed by atoms with Crippen LogP contribution in [0.25, 0.3) is 0 Å². The molecule has 1 N–H and O–H groups in total. The molecule has 0 heterocycles. The van der Waals surface area contributed by atoms with Crippen molar-refractivity contribution in [1.82, 2.24) is 0 Å². The second kappa shape index (κ2) is 8.61. The second-order valence-electron chi connectivity index (χ2n) is 2.37. The maximum atomic E-state index is 8.35. The lowest BCUT2D eigenvalue weighted by molar-refractivity contribution is 0.196. The van der Waals surface area contributed by atoms with E-state index in [1.54, 1.807) is 0 Å². The zero-order chi connectivity index (χ0) is 10.0. The Kier molecular flexibility index (Phi) is 10.1. The molecule has 0 atom stereocenters. The van der Waals surface area contributed by atoms with Gasteiger partial charge < -0.3 is 8.85 Å². The molecule has 0 fully saturated rings. The fourth-order valence-corrected chi connectivity index (χ4v) is 2.21. The van der Waals surface area contributed by atoms with Crippen LogP contribution in [-0.2, 0) is 13.6 Å². The molecular formula is C7H17NO3Si. The van der Waals surface area contributed by atoms with Gasteiger partial charge in [0.15, 0.2) is 0 Å². The molecule has 0 bridgehead atoms. The van der Waals surface area contributed by atoms with Gasteiger partial charge in [0.05, 0.1) is 0 Å². The van der Waals surface area contributed by atoms with Crippen LogP contribution in [0, 0.1) is 5.41 Å². The Balaban J connectivity index is 0. The molecule has 0 spiro atoms. The van der Waals surface area contributed by atoms with E-state index >= 15 is 0 Å². The molecule has 0 saturated carbocycles. The molecule has 4 nitrogen and oxygen atoms in total. The number of nitrogens with one attached hydrogen (secondary N) is 1. The average molecular weight is 191 g/mol. The molecule has 72 valence electrons. The van der Waals surface area contributed by atoms with E-state index < -0.39 is 8.56 Å². The smallest absolute Gasteiger partial charge is 0.331 e. The summed E-state index contributed by atoms with van der Waals surface area (Å²) >= 11 is 0. The van der Waals surface area contributed by atoms with Crippen LogP contribution < -0.4 is 0 Å². The Morgan fingerprint density at radius 2 is 1.50 bits per heavy atom. The van der Waals surface area contributed by atoms with Crippen molar-refractivity contribution in [3.05, 3.63) is 0 Å². The van der Waals surface area contributed by atoms with Crippen LogP contribution in [0.2, 0.25) is 13.1 Å². The first-order chi connectivity index (χ1) is 5.54. The molecule has 0 aliphatic carbocycles. The third-order valence-corrected chi connectivity index (χ3v) is 2.95. The molecule has 12 heavy (non-hydrogen) atoms. The van der Waals surface area contributed by atoms with Gasteiger partial charge in [-0.3, -0.25) is 0 Å². The first kappa shape index (κ1) is 14.1. The van der Waals surface area contributed by atoms with Gasteiger partial charge >= 0.3 is 8.56 Å². The summed E-state index contributed by atoms with van der Waals surface area (Å²) in [5, 5.41) is 5.40. The molecule has 0 aliphatic heterocycles. The van der Waals surface area contributed by atoms with Crippen molar-refractivity contribution in [2.75, 3.05) is 13.2 Å². The number of rotatable bonds is 4. The van der Waals surface area contributed by atoms with Crippen molar-refractivity contribution >= 4 is 14.6 Å².